The molecule has 0 saturated heterocycles. The van der Waals surface area contributed by atoms with Crippen LogP contribution in [0.15, 0.2) is 82.7 Å². The summed E-state index contributed by atoms with van der Waals surface area (Å²) < 4.78 is 32.1. The predicted molar refractivity (Wildman–Crippen MR) is 110 cm³/mol. The minimum absolute atomic E-state index is 0.0265. The number of phenols is 1. The van der Waals surface area contributed by atoms with Crippen LogP contribution >= 0.6 is 0 Å². The van der Waals surface area contributed by atoms with Crippen LogP contribution in [0.2, 0.25) is 0 Å². The smallest absolute Gasteiger partial charge is 0.264 e. The van der Waals surface area contributed by atoms with Crippen molar-refractivity contribution in [3.8, 4) is 11.5 Å². The lowest BCUT2D eigenvalue weighted by Crippen LogP contribution is -2.26. The van der Waals surface area contributed by atoms with Crippen LogP contribution in [0.1, 0.15) is 5.56 Å². The number of anilines is 1. The highest BCUT2D eigenvalue weighted by molar-refractivity contribution is 7.92. The van der Waals surface area contributed by atoms with E-state index in [1.807, 2.05) is 6.07 Å². The van der Waals surface area contributed by atoms with E-state index in [1.165, 1.54) is 36.8 Å². The Bertz CT molecular complexity index is 1100. The molecule has 6 nitrogen and oxygen atoms in total. The van der Waals surface area contributed by atoms with Gasteiger partial charge in [0.2, 0.25) is 0 Å². The second-order valence-corrected chi connectivity index (χ2v) is 7.93. The lowest BCUT2D eigenvalue weighted by molar-refractivity contribution is 0.373. The van der Waals surface area contributed by atoms with Gasteiger partial charge in [-0.15, -0.1) is 0 Å². The van der Waals surface area contributed by atoms with Gasteiger partial charge >= 0.3 is 0 Å². The Balaban J connectivity index is 1.90. The third-order valence-corrected chi connectivity index (χ3v) is 5.98. The van der Waals surface area contributed by atoms with Gasteiger partial charge in [-0.3, -0.25) is 9.30 Å². The number of rotatable bonds is 6. The van der Waals surface area contributed by atoms with Gasteiger partial charge in [-0.1, -0.05) is 30.3 Å². The van der Waals surface area contributed by atoms with Crippen LogP contribution in [0, 0.1) is 0 Å². The number of hydrogen-bond acceptors (Lipinski definition) is 5. The van der Waals surface area contributed by atoms with Crippen molar-refractivity contribution in [3.63, 3.8) is 0 Å². The van der Waals surface area contributed by atoms with Crippen molar-refractivity contribution in [1.29, 1.82) is 0 Å². The molecule has 3 rings (SSSR count). The molecule has 0 heterocycles. The van der Waals surface area contributed by atoms with Gasteiger partial charge in [-0.25, -0.2) is 8.42 Å². The van der Waals surface area contributed by atoms with Crippen molar-refractivity contribution in [1.82, 2.24) is 0 Å². The van der Waals surface area contributed by atoms with Crippen LogP contribution in [-0.2, 0) is 10.0 Å². The minimum atomic E-state index is -3.73. The second kappa shape index (κ2) is 8.14. The van der Waals surface area contributed by atoms with Crippen molar-refractivity contribution in [2.24, 2.45) is 4.99 Å². The first-order valence-electron chi connectivity index (χ1n) is 8.47. The molecule has 7 heteroatoms. The molecule has 0 fully saturated rings. The number of phenolic OH excluding ortho intramolecular Hbond substituents is 1. The van der Waals surface area contributed by atoms with Gasteiger partial charge in [0.25, 0.3) is 10.0 Å². The molecule has 0 aliphatic heterocycles. The zero-order valence-electron chi connectivity index (χ0n) is 15.5. The number of hydrogen-bond donors (Lipinski definition) is 1. The molecule has 28 heavy (non-hydrogen) atoms. The molecule has 0 unspecified atom stereocenters. The fraction of sp³-hybridized carbons (Fsp3) is 0.0952. The molecule has 0 spiro atoms. The number of nitrogens with zero attached hydrogens (tertiary/aromatic N) is 2. The second-order valence-electron chi connectivity index (χ2n) is 5.96. The molecule has 3 aromatic carbocycles. The van der Waals surface area contributed by atoms with E-state index < -0.39 is 10.0 Å². The first-order valence-corrected chi connectivity index (χ1v) is 9.91. The SMILES string of the molecule is COc1cccc(C=Nc2cccc(S(=O)(=O)N(C)c3ccccc3)c2)c1O. The number of ether oxygens (including phenoxy) is 1. The summed E-state index contributed by atoms with van der Waals surface area (Å²) >= 11 is 0. The molecule has 0 bridgehead atoms. The van der Waals surface area contributed by atoms with Crippen LogP contribution in [-0.4, -0.2) is 33.9 Å². The van der Waals surface area contributed by atoms with Gasteiger partial charge in [-0.2, -0.15) is 0 Å². The molecular formula is C21H20N2O4S. The zero-order chi connectivity index (χ0) is 20.1. The van der Waals surface area contributed by atoms with Crippen LogP contribution < -0.4 is 9.04 Å². The lowest BCUT2D eigenvalue weighted by atomic mass is 10.2. The van der Waals surface area contributed by atoms with Crippen molar-refractivity contribution in [2.45, 2.75) is 4.90 Å². The van der Waals surface area contributed by atoms with Crippen LogP contribution in [0.4, 0.5) is 11.4 Å². The Hall–Kier alpha value is -3.32. The predicted octanol–water partition coefficient (Wildman–Crippen LogP) is 3.98. The maximum absolute atomic E-state index is 12.9. The average molecular weight is 396 g/mol. The summed E-state index contributed by atoms with van der Waals surface area (Å²) in [5, 5.41) is 10.1. The maximum atomic E-state index is 12.9. The highest BCUT2D eigenvalue weighted by Gasteiger charge is 2.21. The third-order valence-electron chi connectivity index (χ3n) is 4.20. The molecule has 0 saturated carbocycles. The van der Waals surface area contributed by atoms with E-state index in [1.54, 1.807) is 54.6 Å². The standard InChI is InChI=1S/C21H20N2O4S/c1-23(18-10-4-3-5-11-18)28(25,26)19-12-7-9-17(14-19)22-15-16-8-6-13-20(27-2)21(16)24/h3-15,24H,1-2H3. The fourth-order valence-electron chi connectivity index (χ4n) is 2.61. The number of benzene rings is 3. The number of methoxy groups -OCH3 is 1. The molecule has 0 aliphatic rings. The van der Waals surface area contributed by atoms with Crippen molar-refractivity contribution in [3.05, 3.63) is 78.4 Å². The molecule has 0 amide bonds. The first kappa shape index (κ1) is 19.4. The van der Waals surface area contributed by atoms with Gasteiger partial charge in [0, 0.05) is 18.8 Å². The Kier molecular flexibility index (Phi) is 5.65. The summed E-state index contributed by atoms with van der Waals surface area (Å²) in [6.45, 7) is 0. The number of sulfonamides is 1. The quantitative estimate of drug-likeness (QED) is 0.639. The van der Waals surface area contributed by atoms with Gasteiger partial charge in [0.15, 0.2) is 11.5 Å². The maximum Gasteiger partial charge on any atom is 0.264 e. The monoisotopic (exact) mass is 396 g/mol. The van der Waals surface area contributed by atoms with Crippen molar-refractivity contribution < 1.29 is 18.3 Å². The normalized spacial score (nSPS) is 11.5. The molecule has 0 aliphatic carbocycles. The third kappa shape index (κ3) is 3.99. The molecular weight excluding hydrogens is 376 g/mol. The highest BCUT2D eigenvalue weighted by Crippen LogP contribution is 2.29. The lowest BCUT2D eigenvalue weighted by Gasteiger charge is -2.19. The minimum Gasteiger partial charge on any atom is -0.504 e. The van der Waals surface area contributed by atoms with E-state index in [0.29, 0.717) is 22.7 Å². The van der Waals surface area contributed by atoms with Crippen molar-refractivity contribution in [2.75, 3.05) is 18.5 Å². The summed E-state index contributed by atoms with van der Waals surface area (Å²) in [6, 6.07) is 20.2. The summed E-state index contributed by atoms with van der Waals surface area (Å²) in [6.07, 6.45) is 1.46. The Labute approximate surface area is 164 Å². The first-order chi connectivity index (χ1) is 13.4. The van der Waals surface area contributed by atoms with E-state index >= 15 is 0 Å². The van der Waals surface area contributed by atoms with Gasteiger partial charge < -0.3 is 9.84 Å². The molecule has 0 aromatic heterocycles. The summed E-state index contributed by atoms with van der Waals surface area (Å²) in [4.78, 5) is 4.42. The molecule has 0 atom stereocenters. The molecule has 0 radical (unpaired) electrons. The number of aromatic hydroxyl groups is 1. The Morgan fingerprint density at radius 1 is 1.00 bits per heavy atom. The number of aliphatic imine (C=N–C) groups is 1. The van der Waals surface area contributed by atoms with Gasteiger partial charge in [0.05, 0.1) is 23.4 Å². The van der Waals surface area contributed by atoms with E-state index in [9.17, 15) is 13.5 Å². The fourth-order valence-corrected chi connectivity index (χ4v) is 3.85. The van der Waals surface area contributed by atoms with Crippen LogP contribution in [0.25, 0.3) is 0 Å². The Morgan fingerprint density at radius 2 is 1.71 bits per heavy atom. The Morgan fingerprint density at radius 3 is 2.43 bits per heavy atom. The van der Waals surface area contributed by atoms with Gasteiger partial charge in [-0.05, 0) is 42.5 Å². The zero-order valence-corrected chi connectivity index (χ0v) is 16.3. The summed E-state index contributed by atoms with van der Waals surface area (Å²) in [5.41, 5.74) is 1.48. The molecule has 3 aromatic rings. The van der Waals surface area contributed by atoms with Crippen molar-refractivity contribution >= 4 is 27.6 Å². The number of para-hydroxylation sites is 2. The average Bonchev–Trinajstić information content (AvgIpc) is 2.73. The van der Waals surface area contributed by atoms with E-state index in [0.717, 1.165) is 0 Å². The van der Waals surface area contributed by atoms with E-state index in [-0.39, 0.29) is 10.6 Å². The van der Waals surface area contributed by atoms with Crippen LogP contribution in [0.3, 0.4) is 0 Å². The highest BCUT2D eigenvalue weighted by atomic mass is 32.2. The van der Waals surface area contributed by atoms with Crippen LogP contribution in [0.5, 0.6) is 11.5 Å². The topological polar surface area (TPSA) is 79.2 Å². The molecule has 144 valence electrons. The summed E-state index contributed by atoms with van der Waals surface area (Å²) in [5.74, 6) is 0.311. The summed E-state index contributed by atoms with van der Waals surface area (Å²) in [7, 11) is -0.752. The van der Waals surface area contributed by atoms with E-state index in [2.05, 4.69) is 4.99 Å². The van der Waals surface area contributed by atoms with Gasteiger partial charge in [0.1, 0.15) is 0 Å². The largest absolute Gasteiger partial charge is 0.504 e. The molecule has 1 N–H and O–H groups in total. The van der Waals surface area contributed by atoms with E-state index in [4.69, 9.17) is 4.74 Å².